The largest absolute Gasteiger partial charge is 0.367 e. The predicted molar refractivity (Wildman–Crippen MR) is 85.8 cm³/mol. The van der Waals surface area contributed by atoms with Crippen LogP contribution in [0.3, 0.4) is 0 Å². The Bertz CT molecular complexity index is 597. The van der Waals surface area contributed by atoms with Gasteiger partial charge in [-0.3, -0.25) is 9.78 Å². The monoisotopic (exact) mass is 301 g/mol. The molecule has 1 fully saturated rings. The molecule has 0 spiro atoms. The van der Waals surface area contributed by atoms with Crippen LogP contribution in [0, 0.1) is 25.2 Å². The molecular formula is C16H23N5O. The molecule has 6 heteroatoms. The van der Waals surface area contributed by atoms with E-state index in [1.165, 1.54) is 0 Å². The number of amides is 1. The van der Waals surface area contributed by atoms with Crippen molar-refractivity contribution in [3.63, 3.8) is 0 Å². The zero-order valence-corrected chi connectivity index (χ0v) is 13.8. The summed E-state index contributed by atoms with van der Waals surface area (Å²) >= 11 is 0. The van der Waals surface area contributed by atoms with Gasteiger partial charge in [0.1, 0.15) is 6.07 Å². The van der Waals surface area contributed by atoms with Crippen molar-refractivity contribution in [3.05, 3.63) is 23.0 Å². The molecule has 0 radical (unpaired) electrons. The van der Waals surface area contributed by atoms with Crippen molar-refractivity contribution in [1.82, 2.24) is 14.8 Å². The van der Waals surface area contributed by atoms with Gasteiger partial charge in [-0.2, -0.15) is 5.26 Å². The summed E-state index contributed by atoms with van der Waals surface area (Å²) in [5, 5.41) is 9.37. The highest BCUT2D eigenvalue weighted by Crippen LogP contribution is 2.24. The number of likely N-dealkylation sites (N-methyl/N-ethyl adjacent to an activating group) is 1. The summed E-state index contributed by atoms with van der Waals surface area (Å²) in [6, 6.07) is 4.22. The molecule has 1 aliphatic heterocycles. The molecule has 2 heterocycles. The van der Waals surface area contributed by atoms with Gasteiger partial charge >= 0.3 is 0 Å². The number of hydrogen-bond donors (Lipinski definition) is 0. The average Bonchev–Trinajstić information content (AvgIpc) is 2.46. The third kappa shape index (κ3) is 3.55. The number of aromatic nitrogens is 1. The summed E-state index contributed by atoms with van der Waals surface area (Å²) in [5.41, 5.74) is 3.26. The van der Waals surface area contributed by atoms with Gasteiger partial charge in [0.05, 0.1) is 23.5 Å². The summed E-state index contributed by atoms with van der Waals surface area (Å²) in [6.07, 6.45) is 0. The number of carbonyl (C=O) groups excluding carboxylic acids is 1. The second-order valence-corrected chi connectivity index (χ2v) is 5.96. The quantitative estimate of drug-likeness (QED) is 0.825. The van der Waals surface area contributed by atoms with Crippen LogP contribution in [0.15, 0.2) is 6.07 Å². The Labute approximate surface area is 131 Å². The molecule has 0 saturated carbocycles. The lowest BCUT2D eigenvalue weighted by molar-refractivity contribution is -0.132. The lowest BCUT2D eigenvalue weighted by Crippen LogP contribution is -2.51. The van der Waals surface area contributed by atoms with E-state index in [4.69, 9.17) is 0 Å². The Morgan fingerprint density at radius 1 is 1.32 bits per heavy atom. The summed E-state index contributed by atoms with van der Waals surface area (Å²) in [5.74, 6) is 0.159. The predicted octanol–water partition coefficient (Wildman–Crippen LogP) is 0.780. The van der Waals surface area contributed by atoms with Crippen LogP contribution < -0.4 is 4.90 Å². The fraction of sp³-hybridized carbons (Fsp3) is 0.562. The van der Waals surface area contributed by atoms with Crippen LogP contribution in [0.5, 0.6) is 0 Å². The number of piperazine rings is 1. The highest BCUT2D eigenvalue weighted by atomic mass is 16.2. The van der Waals surface area contributed by atoms with Gasteiger partial charge in [-0.25, -0.2) is 0 Å². The molecule has 1 saturated heterocycles. The first kappa shape index (κ1) is 16.2. The first-order valence-corrected chi connectivity index (χ1v) is 7.48. The molecular weight excluding hydrogens is 278 g/mol. The van der Waals surface area contributed by atoms with E-state index in [0.717, 1.165) is 30.2 Å². The Balaban J connectivity index is 2.10. The maximum atomic E-state index is 12.1. The number of anilines is 1. The number of aryl methyl sites for hydroxylation is 2. The molecule has 6 nitrogen and oxygen atoms in total. The average molecular weight is 301 g/mol. The number of nitriles is 1. The normalized spacial score (nSPS) is 15.1. The molecule has 0 aliphatic carbocycles. The van der Waals surface area contributed by atoms with E-state index >= 15 is 0 Å². The molecule has 22 heavy (non-hydrogen) atoms. The van der Waals surface area contributed by atoms with Gasteiger partial charge in [0, 0.05) is 31.9 Å². The maximum Gasteiger partial charge on any atom is 0.236 e. The van der Waals surface area contributed by atoms with Crippen LogP contribution in [0.2, 0.25) is 0 Å². The van der Waals surface area contributed by atoms with Gasteiger partial charge in [-0.15, -0.1) is 0 Å². The van der Waals surface area contributed by atoms with Crippen molar-refractivity contribution in [2.45, 2.75) is 13.8 Å². The Morgan fingerprint density at radius 3 is 2.50 bits per heavy atom. The number of pyridine rings is 1. The molecule has 2 rings (SSSR count). The Hall–Kier alpha value is -2.13. The minimum Gasteiger partial charge on any atom is -0.367 e. The van der Waals surface area contributed by atoms with Crippen LogP contribution in [0.25, 0.3) is 0 Å². The number of rotatable bonds is 3. The van der Waals surface area contributed by atoms with Crippen LogP contribution in [-0.2, 0) is 4.79 Å². The number of hydrogen-bond acceptors (Lipinski definition) is 5. The lowest BCUT2D eigenvalue weighted by atomic mass is 10.1. The van der Waals surface area contributed by atoms with E-state index in [0.29, 0.717) is 25.2 Å². The molecule has 0 bridgehead atoms. The second kappa shape index (κ2) is 6.75. The molecule has 0 N–H and O–H groups in total. The van der Waals surface area contributed by atoms with Gasteiger partial charge in [-0.1, -0.05) is 0 Å². The topological polar surface area (TPSA) is 63.5 Å². The fourth-order valence-corrected chi connectivity index (χ4v) is 2.76. The standard InChI is InChI=1S/C16H23N5O/c1-12-9-15(14(10-17)13(2)18-12)20-5-7-21(8-6-20)16(22)11-19(3)4/h9H,5-8,11H2,1-4H3. The zero-order valence-electron chi connectivity index (χ0n) is 13.8. The molecule has 1 aliphatic rings. The number of carbonyl (C=O) groups is 1. The molecule has 0 unspecified atom stereocenters. The van der Waals surface area contributed by atoms with Gasteiger partial charge in [0.15, 0.2) is 0 Å². The van der Waals surface area contributed by atoms with E-state index in [9.17, 15) is 10.1 Å². The highest BCUT2D eigenvalue weighted by molar-refractivity contribution is 5.78. The van der Waals surface area contributed by atoms with Crippen molar-refractivity contribution in [3.8, 4) is 6.07 Å². The van der Waals surface area contributed by atoms with E-state index in [-0.39, 0.29) is 5.91 Å². The first-order chi connectivity index (χ1) is 10.4. The van der Waals surface area contributed by atoms with Gasteiger partial charge in [0.2, 0.25) is 5.91 Å². The van der Waals surface area contributed by atoms with E-state index < -0.39 is 0 Å². The summed E-state index contributed by atoms with van der Waals surface area (Å²) in [7, 11) is 3.80. The minimum absolute atomic E-state index is 0.159. The minimum atomic E-state index is 0.159. The zero-order chi connectivity index (χ0) is 16.3. The first-order valence-electron chi connectivity index (χ1n) is 7.48. The molecule has 1 amide bonds. The van der Waals surface area contributed by atoms with Crippen LogP contribution in [0.4, 0.5) is 5.69 Å². The summed E-state index contributed by atoms with van der Waals surface area (Å²) < 4.78 is 0. The van der Waals surface area contributed by atoms with Crippen molar-refractivity contribution in [2.75, 3.05) is 51.7 Å². The van der Waals surface area contributed by atoms with Gasteiger partial charge < -0.3 is 14.7 Å². The SMILES string of the molecule is Cc1cc(N2CCN(C(=O)CN(C)C)CC2)c(C#N)c(C)n1. The number of nitrogens with zero attached hydrogens (tertiary/aromatic N) is 5. The maximum absolute atomic E-state index is 12.1. The summed E-state index contributed by atoms with van der Waals surface area (Å²) in [4.78, 5) is 22.4. The summed E-state index contributed by atoms with van der Waals surface area (Å²) in [6.45, 7) is 7.13. The fourth-order valence-electron chi connectivity index (χ4n) is 2.76. The van der Waals surface area contributed by atoms with Crippen LogP contribution in [0.1, 0.15) is 17.0 Å². The van der Waals surface area contributed by atoms with E-state index in [2.05, 4.69) is 16.0 Å². The third-order valence-corrected chi connectivity index (χ3v) is 3.84. The third-order valence-electron chi connectivity index (χ3n) is 3.84. The van der Waals surface area contributed by atoms with E-state index in [1.54, 1.807) is 0 Å². The van der Waals surface area contributed by atoms with Crippen molar-refractivity contribution >= 4 is 11.6 Å². The van der Waals surface area contributed by atoms with Crippen molar-refractivity contribution < 1.29 is 4.79 Å². The van der Waals surface area contributed by atoms with Crippen LogP contribution >= 0.6 is 0 Å². The lowest BCUT2D eigenvalue weighted by Gasteiger charge is -2.37. The molecule has 0 aromatic carbocycles. The Kier molecular flexibility index (Phi) is 4.99. The van der Waals surface area contributed by atoms with Crippen molar-refractivity contribution in [1.29, 1.82) is 5.26 Å². The van der Waals surface area contributed by atoms with Crippen molar-refractivity contribution in [2.24, 2.45) is 0 Å². The van der Waals surface area contributed by atoms with E-state index in [1.807, 2.05) is 43.8 Å². The molecule has 118 valence electrons. The molecule has 0 atom stereocenters. The molecule has 1 aromatic heterocycles. The Morgan fingerprint density at radius 2 is 1.95 bits per heavy atom. The highest BCUT2D eigenvalue weighted by Gasteiger charge is 2.23. The second-order valence-electron chi connectivity index (χ2n) is 5.96. The van der Waals surface area contributed by atoms with Gasteiger partial charge in [0.25, 0.3) is 0 Å². The smallest absolute Gasteiger partial charge is 0.236 e. The molecule has 1 aromatic rings. The van der Waals surface area contributed by atoms with Gasteiger partial charge in [-0.05, 0) is 34.0 Å². The van der Waals surface area contributed by atoms with Crippen LogP contribution in [-0.4, -0.2) is 67.5 Å².